The van der Waals surface area contributed by atoms with E-state index in [0.29, 0.717) is 22.3 Å². The Balaban J connectivity index is 0.000000166. The number of nitrogens with zero attached hydrogens (tertiary/aromatic N) is 4. The number of hydrogen-bond acceptors (Lipinski definition) is 9. The van der Waals surface area contributed by atoms with E-state index in [1.54, 1.807) is 24.5 Å². The molecule has 0 spiro atoms. The summed E-state index contributed by atoms with van der Waals surface area (Å²) in [5, 5.41) is 8.80. The Morgan fingerprint density at radius 2 is 1.31 bits per heavy atom. The Morgan fingerprint density at radius 3 is 1.76 bits per heavy atom. The summed E-state index contributed by atoms with van der Waals surface area (Å²) in [6.45, 7) is 0. The van der Waals surface area contributed by atoms with Crippen molar-refractivity contribution in [1.29, 1.82) is 0 Å². The monoisotopic (exact) mass is 400 g/mol. The van der Waals surface area contributed by atoms with Gasteiger partial charge in [0.15, 0.2) is 11.3 Å². The van der Waals surface area contributed by atoms with E-state index in [2.05, 4.69) is 34.6 Å². The molecular weight excluding hydrogens is 384 g/mol. The summed E-state index contributed by atoms with van der Waals surface area (Å²) >= 11 is 0. The van der Waals surface area contributed by atoms with Crippen molar-refractivity contribution in [3.05, 3.63) is 35.9 Å². The highest BCUT2D eigenvalue weighted by Gasteiger charge is 2.18. The summed E-state index contributed by atoms with van der Waals surface area (Å²) in [5.74, 6) is -1.57. The predicted octanol–water partition coefficient (Wildman–Crippen LogP) is 1.42. The van der Waals surface area contributed by atoms with Gasteiger partial charge in [-0.2, -0.15) is 9.97 Å². The van der Waals surface area contributed by atoms with Crippen molar-refractivity contribution in [3.8, 4) is 11.8 Å². The van der Waals surface area contributed by atoms with Crippen LogP contribution in [0.15, 0.2) is 24.5 Å². The molecule has 0 aliphatic heterocycles. The van der Waals surface area contributed by atoms with Crippen LogP contribution in [0.25, 0.3) is 22.3 Å². The Bertz CT molecular complexity index is 1180. The summed E-state index contributed by atoms with van der Waals surface area (Å²) in [6, 6.07) is 3.36. The molecule has 0 aliphatic carbocycles. The second kappa shape index (κ2) is 8.21. The Hall–Kier alpha value is -4.22. The van der Waals surface area contributed by atoms with E-state index in [1.807, 2.05) is 0 Å². The SMILES string of the molecule is COC(=O)c1nc2cc[nH]c2nc1OC.COc1nc2[nH]ccc2nc1C(=O)O. The molecule has 0 atom stereocenters. The zero-order valence-corrected chi connectivity index (χ0v) is 15.6. The number of carboxylic acids is 1. The van der Waals surface area contributed by atoms with Crippen molar-refractivity contribution in [3.63, 3.8) is 0 Å². The molecule has 29 heavy (non-hydrogen) atoms. The van der Waals surface area contributed by atoms with E-state index in [1.165, 1.54) is 21.3 Å². The molecule has 0 saturated heterocycles. The highest BCUT2D eigenvalue weighted by molar-refractivity contribution is 5.92. The van der Waals surface area contributed by atoms with Gasteiger partial charge < -0.3 is 29.3 Å². The number of esters is 1. The molecule has 4 heterocycles. The number of carboxylic acid groups (broad SMARTS) is 1. The predicted molar refractivity (Wildman–Crippen MR) is 99.2 cm³/mol. The maximum absolute atomic E-state index is 11.3. The van der Waals surface area contributed by atoms with Gasteiger partial charge in [0.05, 0.1) is 21.3 Å². The van der Waals surface area contributed by atoms with Crippen molar-refractivity contribution in [1.82, 2.24) is 29.9 Å². The van der Waals surface area contributed by atoms with Crippen LogP contribution >= 0.6 is 0 Å². The van der Waals surface area contributed by atoms with Crippen LogP contribution in [0.2, 0.25) is 0 Å². The van der Waals surface area contributed by atoms with Crippen molar-refractivity contribution in [2.75, 3.05) is 21.3 Å². The first-order valence-electron chi connectivity index (χ1n) is 8.08. The van der Waals surface area contributed by atoms with Crippen LogP contribution in [0.4, 0.5) is 0 Å². The summed E-state index contributed by atoms with van der Waals surface area (Å²) in [7, 11) is 4.06. The normalized spacial score (nSPS) is 10.3. The smallest absolute Gasteiger partial charge is 0.362 e. The molecule has 0 aliphatic rings. The lowest BCUT2D eigenvalue weighted by Crippen LogP contribution is -2.08. The minimum absolute atomic E-state index is 0.00690. The molecule has 4 aromatic heterocycles. The summed E-state index contributed by atoms with van der Waals surface area (Å²) in [6.07, 6.45) is 3.32. The first-order chi connectivity index (χ1) is 14.0. The lowest BCUT2D eigenvalue weighted by molar-refractivity contribution is 0.0588. The van der Waals surface area contributed by atoms with Crippen molar-refractivity contribution < 1.29 is 28.9 Å². The minimum Gasteiger partial charge on any atom is -0.479 e. The lowest BCUT2D eigenvalue weighted by atomic mass is 10.4. The fourth-order valence-corrected chi connectivity index (χ4v) is 2.36. The first-order valence-corrected chi connectivity index (χ1v) is 8.08. The fourth-order valence-electron chi connectivity index (χ4n) is 2.36. The van der Waals surface area contributed by atoms with Gasteiger partial charge in [-0.15, -0.1) is 0 Å². The molecule has 4 aromatic rings. The number of carbonyl (C=O) groups is 2. The van der Waals surface area contributed by atoms with Crippen LogP contribution in [0.5, 0.6) is 11.8 Å². The average molecular weight is 400 g/mol. The quantitative estimate of drug-likeness (QED) is 0.426. The molecule has 150 valence electrons. The van der Waals surface area contributed by atoms with Crippen molar-refractivity contribution in [2.24, 2.45) is 0 Å². The molecule has 0 fully saturated rings. The van der Waals surface area contributed by atoms with Crippen LogP contribution in [-0.2, 0) is 4.74 Å². The number of rotatable bonds is 4. The zero-order valence-electron chi connectivity index (χ0n) is 15.6. The van der Waals surface area contributed by atoms with Gasteiger partial charge in [-0.25, -0.2) is 19.6 Å². The van der Waals surface area contributed by atoms with Gasteiger partial charge in [0.2, 0.25) is 23.1 Å². The number of H-pyrrole nitrogens is 2. The molecule has 4 rings (SSSR count). The first kappa shape index (κ1) is 19.5. The van der Waals surface area contributed by atoms with Crippen LogP contribution in [0, 0.1) is 0 Å². The van der Waals surface area contributed by atoms with Gasteiger partial charge in [-0.1, -0.05) is 0 Å². The number of carbonyl (C=O) groups excluding carboxylic acids is 1. The van der Waals surface area contributed by atoms with E-state index in [9.17, 15) is 9.59 Å². The lowest BCUT2D eigenvalue weighted by Gasteiger charge is -2.04. The van der Waals surface area contributed by atoms with Gasteiger partial charge in [-0.3, -0.25) is 0 Å². The van der Waals surface area contributed by atoms with E-state index >= 15 is 0 Å². The van der Waals surface area contributed by atoms with Crippen molar-refractivity contribution in [2.45, 2.75) is 0 Å². The highest BCUT2D eigenvalue weighted by Crippen LogP contribution is 2.18. The number of fused-ring (bicyclic) bond motifs is 2. The number of aromatic carboxylic acids is 1. The fraction of sp³-hybridized carbons (Fsp3) is 0.176. The zero-order chi connectivity index (χ0) is 21.0. The number of nitrogens with one attached hydrogen (secondary N) is 2. The topological polar surface area (TPSA) is 165 Å². The third-order valence-electron chi connectivity index (χ3n) is 3.67. The van der Waals surface area contributed by atoms with Crippen LogP contribution in [0.1, 0.15) is 21.0 Å². The Morgan fingerprint density at radius 1 is 0.828 bits per heavy atom. The standard InChI is InChI=1S/C9H9N3O3.C8H7N3O3/c1-14-8-6(9(13)15-2)11-5-3-4-10-7(5)12-8;1-14-7-5(8(12)13)10-4-2-3-9-6(4)11-7/h3-4H,1-2H3,(H,10,12);2-3H,1H3,(H,9,11)(H,12,13). The number of hydrogen-bond donors (Lipinski definition) is 3. The molecule has 0 saturated carbocycles. The largest absolute Gasteiger partial charge is 0.479 e. The van der Waals surface area contributed by atoms with E-state index in [0.717, 1.165) is 0 Å². The van der Waals surface area contributed by atoms with Crippen molar-refractivity contribution >= 4 is 34.3 Å². The number of ether oxygens (including phenoxy) is 3. The second-order valence-electron chi connectivity index (χ2n) is 5.38. The number of aromatic amines is 2. The van der Waals surface area contributed by atoms with E-state index in [4.69, 9.17) is 14.6 Å². The maximum atomic E-state index is 11.3. The number of methoxy groups -OCH3 is 3. The Kier molecular flexibility index (Phi) is 5.53. The van der Waals surface area contributed by atoms with E-state index in [-0.39, 0.29) is 23.1 Å². The molecule has 0 amide bonds. The van der Waals surface area contributed by atoms with Gasteiger partial charge in [0, 0.05) is 12.4 Å². The molecule has 0 aromatic carbocycles. The molecule has 0 bridgehead atoms. The summed E-state index contributed by atoms with van der Waals surface area (Å²) in [4.78, 5) is 43.8. The highest BCUT2D eigenvalue weighted by atomic mass is 16.5. The molecule has 0 unspecified atom stereocenters. The third kappa shape index (κ3) is 3.90. The van der Waals surface area contributed by atoms with E-state index < -0.39 is 11.9 Å². The van der Waals surface area contributed by atoms with Gasteiger partial charge in [-0.05, 0) is 12.1 Å². The molecule has 12 heteroatoms. The molecule has 0 radical (unpaired) electrons. The maximum Gasteiger partial charge on any atom is 0.362 e. The third-order valence-corrected chi connectivity index (χ3v) is 3.67. The number of aromatic nitrogens is 6. The Labute approximate surface area is 162 Å². The van der Waals surface area contributed by atoms with Gasteiger partial charge in [0.1, 0.15) is 11.0 Å². The molecule has 12 nitrogen and oxygen atoms in total. The second-order valence-corrected chi connectivity index (χ2v) is 5.38. The van der Waals surface area contributed by atoms with Gasteiger partial charge >= 0.3 is 11.9 Å². The average Bonchev–Trinajstić information content (AvgIpc) is 3.39. The van der Waals surface area contributed by atoms with Crippen LogP contribution < -0.4 is 9.47 Å². The van der Waals surface area contributed by atoms with Gasteiger partial charge in [0.25, 0.3) is 0 Å². The molecular formula is C17H16N6O6. The summed E-state index contributed by atoms with van der Waals surface area (Å²) in [5.41, 5.74) is 2.07. The van der Waals surface area contributed by atoms with Crippen LogP contribution in [0.3, 0.4) is 0 Å². The van der Waals surface area contributed by atoms with Crippen LogP contribution in [-0.4, -0.2) is 68.3 Å². The minimum atomic E-state index is -1.16. The summed E-state index contributed by atoms with van der Waals surface area (Å²) < 4.78 is 14.3. The molecule has 3 N–H and O–H groups in total.